The average Bonchev–Trinajstić information content (AvgIpc) is 3.67. The molecule has 182 valence electrons. The molecule has 0 N–H and O–H groups in total. The molecule has 3 heterocycles. The zero-order valence-electron chi connectivity index (χ0n) is 19.9. The lowest BCUT2D eigenvalue weighted by Crippen LogP contribution is -2.48. The SMILES string of the molecule is CN(C(=O)C1CC1)C1CCN(C(=O)Cn2nc(-c3ccncc3)cc2Cc2ccc(F)cc2)CC1. The highest BCUT2D eigenvalue weighted by atomic mass is 19.1. The summed E-state index contributed by atoms with van der Waals surface area (Å²) in [5.74, 6) is 0.209. The van der Waals surface area contributed by atoms with Gasteiger partial charge in [0.15, 0.2) is 0 Å². The Bertz CT molecular complexity index is 1180. The van der Waals surface area contributed by atoms with E-state index in [4.69, 9.17) is 5.10 Å². The average molecular weight is 476 g/mol. The monoisotopic (exact) mass is 475 g/mol. The number of rotatable bonds is 7. The van der Waals surface area contributed by atoms with E-state index in [1.807, 2.05) is 35.0 Å². The van der Waals surface area contributed by atoms with E-state index in [0.29, 0.717) is 19.5 Å². The molecule has 1 aliphatic carbocycles. The van der Waals surface area contributed by atoms with Crippen LogP contribution in [0.2, 0.25) is 0 Å². The predicted molar refractivity (Wildman–Crippen MR) is 130 cm³/mol. The minimum atomic E-state index is -0.275. The molecule has 1 aliphatic heterocycles. The molecule has 1 aromatic carbocycles. The molecule has 8 heteroatoms. The molecule has 0 radical (unpaired) electrons. The molecule has 2 amide bonds. The second-order valence-corrected chi connectivity index (χ2v) is 9.55. The van der Waals surface area contributed by atoms with Gasteiger partial charge in [-0.25, -0.2) is 4.39 Å². The van der Waals surface area contributed by atoms with Crippen LogP contribution in [0.3, 0.4) is 0 Å². The van der Waals surface area contributed by atoms with Crippen LogP contribution in [0.15, 0.2) is 54.9 Å². The summed E-state index contributed by atoms with van der Waals surface area (Å²) >= 11 is 0. The number of aromatic nitrogens is 3. The first-order valence-corrected chi connectivity index (χ1v) is 12.2. The molecule has 0 spiro atoms. The Morgan fingerprint density at radius 1 is 1.03 bits per heavy atom. The smallest absolute Gasteiger partial charge is 0.244 e. The number of hydrogen-bond donors (Lipinski definition) is 0. The maximum Gasteiger partial charge on any atom is 0.244 e. The molecule has 0 atom stereocenters. The Morgan fingerprint density at radius 3 is 2.37 bits per heavy atom. The van der Waals surface area contributed by atoms with E-state index in [1.165, 1.54) is 12.1 Å². The third-order valence-corrected chi connectivity index (χ3v) is 7.06. The number of benzene rings is 1. The van der Waals surface area contributed by atoms with Crippen molar-refractivity contribution in [2.45, 2.75) is 44.7 Å². The molecular weight excluding hydrogens is 445 g/mol. The van der Waals surface area contributed by atoms with Gasteiger partial charge in [-0.05, 0) is 61.6 Å². The van der Waals surface area contributed by atoms with Crippen LogP contribution in [0, 0.1) is 11.7 Å². The molecule has 1 saturated carbocycles. The van der Waals surface area contributed by atoms with E-state index in [0.717, 1.165) is 48.2 Å². The predicted octanol–water partition coefficient (Wildman–Crippen LogP) is 3.53. The van der Waals surface area contributed by atoms with Gasteiger partial charge in [0.25, 0.3) is 0 Å². The van der Waals surface area contributed by atoms with Gasteiger partial charge in [0.1, 0.15) is 12.4 Å². The fourth-order valence-corrected chi connectivity index (χ4v) is 4.74. The highest BCUT2D eigenvalue weighted by molar-refractivity contribution is 5.81. The van der Waals surface area contributed by atoms with Crippen molar-refractivity contribution in [2.75, 3.05) is 20.1 Å². The quantitative estimate of drug-likeness (QED) is 0.524. The minimum Gasteiger partial charge on any atom is -0.342 e. The van der Waals surface area contributed by atoms with Crippen LogP contribution >= 0.6 is 0 Å². The maximum atomic E-state index is 13.4. The highest BCUT2D eigenvalue weighted by Crippen LogP contribution is 2.32. The Balaban J connectivity index is 1.28. The number of hydrogen-bond acceptors (Lipinski definition) is 4. The van der Waals surface area contributed by atoms with Crippen molar-refractivity contribution in [1.29, 1.82) is 0 Å². The standard InChI is InChI=1S/C27H30FN5O2/c1-31(27(35)21-4-5-21)23-10-14-32(15-11-23)26(34)18-33-24(16-19-2-6-22(28)7-3-19)17-25(30-33)20-8-12-29-13-9-20/h2-3,6-9,12-13,17,21,23H,4-5,10-11,14-16,18H2,1H3. The summed E-state index contributed by atoms with van der Waals surface area (Å²) in [6, 6.07) is 12.4. The van der Waals surface area contributed by atoms with E-state index in [1.54, 1.807) is 29.2 Å². The van der Waals surface area contributed by atoms with Gasteiger partial charge < -0.3 is 9.80 Å². The topological polar surface area (TPSA) is 71.3 Å². The number of halogens is 1. The zero-order valence-corrected chi connectivity index (χ0v) is 19.9. The molecule has 7 nitrogen and oxygen atoms in total. The summed E-state index contributed by atoms with van der Waals surface area (Å²) in [4.78, 5) is 33.5. The largest absolute Gasteiger partial charge is 0.342 e. The van der Waals surface area contributed by atoms with E-state index in [9.17, 15) is 14.0 Å². The molecule has 2 fully saturated rings. The van der Waals surface area contributed by atoms with Gasteiger partial charge in [-0.2, -0.15) is 5.10 Å². The van der Waals surface area contributed by atoms with E-state index >= 15 is 0 Å². The first kappa shape index (κ1) is 23.2. The van der Waals surface area contributed by atoms with Crippen molar-refractivity contribution >= 4 is 11.8 Å². The van der Waals surface area contributed by atoms with E-state index in [2.05, 4.69) is 4.98 Å². The lowest BCUT2D eigenvalue weighted by atomic mass is 10.0. The number of carbonyl (C=O) groups excluding carboxylic acids is 2. The summed E-state index contributed by atoms with van der Waals surface area (Å²) in [6.07, 6.45) is 7.58. The molecular formula is C27H30FN5O2. The van der Waals surface area contributed by atoms with Crippen LogP contribution in [0.25, 0.3) is 11.3 Å². The van der Waals surface area contributed by atoms with Crippen LogP contribution in [-0.2, 0) is 22.6 Å². The van der Waals surface area contributed by atoms with Crippen molar-refractivity contribution in [3.8, 4) is 11.3 Å². The molecule has 35 heavy (non-hydrogen) atoms. The van der Waals surface area contributed by atoms with Crippen molar-refractivity contribution in [2.24, 2.45) is 5.92 Å². The fraction of sp³-hybridized carbons (Fsp3) is 0.407. The summed E-state index contributed by atoms with van der Waals surface area (Å²) in [6.45, 7) is 1.41. The Kier molecular flexibility index (Phi) is 6.61. The van der Waals surface area contributed by atoms with Crippen molar-refractivity contribution in [1.82, 2.24) is 24.6 Å². The second-order valence-electron chi connectivity index (χ2n) is 9.55. The Hall–Kier alpha value is -3.55. The number of pyridine rings is 1. The van der Waals surface area contributed by atoms with Gasteiger partial charge in [-0.15, -0.1) is 0 Å². The summed E-state index contributed by atoms with van der Waals surface area (Å²) < 4.78 is 15.1. The van der Waals surface area contributed by atoms with Crippen LogP contribution in [0.4, 0.5) is 4.39 Å². The summed E-state index contributed by atoms with van der Waals surface area (Å²) in [7, 11) is 1.90. The first-order valence-electron chi connectivity index (χ1n) is 12.2. The maximum absolute atomic E-state index is 13.4. The molecule has 0 bridgehead atoms. The lowest BCUT2D eigenvalue weighted by Gasteiger charge is -2.37. The second kappa shape index (κ2) is 9.98. The van der Waals surface area contributed by atoms with Gasteiger partial charge in [0.2, 0.25) is 11.8 Å². The Labute approximate surface area is 204 Å². The number of nitrogens with zero attached hydrogens (tertiary/aromatic N) is 5. The van der Waals surface area contributed by atoms with Crippen LogP contribution in [0.5, 0.6) is 0 Å². The highest BCUT2D eigenvalue weighted by Gasteiger charge is 2.36. The van der Waals surface area contributed by atoms with Gasteiger partial charge in [-0.1, -0.05) is 12.1 Å². The molecule has 2 aliphatic rings. The first-order chi connectivity index (χ1) is 17.0. The summed E-state index contributed by atoms with van der Waals surface area (Å²) in [5.41, 5.74) is 3.54. The molecule has 0 unspecified atom stereocenters. The van der Waals surface area contributed by atoms with E-state index in [-0.39, 0.29) is 36.1 Å². The molecule has 3 aromatic rings. The third-order valence-electron chi connectivity index (χ3n) is 7.06. The number of likely N-dealkylation sites (tertiary alicyclic amines) is 1. The number of piperidine rings is 1. The van der Waals surface area contributed by atoms with E-state index < -0.39 is 0 Å². The number of carbonyl (C=O) groups is 2. The van der Waals surface area contributed by atoms with Crippen molar-refractivity contribution in [3.05, 3.63) is 71.9 Å². The third kappa shape index (κ3) is 5.42. The van der Waals surface area contributed by atoms with Gasteiger partial charge in [0.05, 0.1) is 5.69 Å². The van der Waals surface area contributed by atoms with Crippen molar-refractivity contribution in [3.63, 3.8) is 0 Å². The fourth-order valence-electron chi connectivity index (χ4n) is 4.74. The van der Waals surface area contributed by atoms with Gasteiger partial charge in [0, 0.05) is 62.2 Å². The minimum absolute atomic E-state index is 0.0179. The molecule has 1 saturated heterocycles. The molecule has 2 aromatic heterocycles. The number of amides is 2. The van der Waals surface area contributed by atoms with Gasteiger partial charge in [-0.3, -0.25) is 19.3 Å². The Morgan fingerprint density at radius 2 is 1.71 bits per heavy atom. The normalized spacial score (nSPS) is 16.3. The zero-order chi connectivity index (χ0) is 24.4. The lowest BCUT2D eigenvalue weighted by molar-refractivity contribution is -0.136. The van der Waals surface area contributed by atoms with Crippen molar-refractivity contribution < 1.29 is 14.0 Å². The summed E-state index contributed by atoms with van der Waals surface area (Å²) in [5, 5.41) is 4.74. The van der Waals surface area contributed by atoms with Crippen LogP contribution < -0.4 is 0 Å². The van der Waals surface area contributed by atoms with Crippen LogP contribution in [-0.4, -0.2) is 62.6 Å². The van der Waals surface area contributed by atoms with Crippen LogP contribution in [0.1, 0.15) is 36.9 Å². The molecule has 5 rings (SSSR count). The van der Waals surface area contributed by atoms with Gasteiger partial charge >= 0.3 is 0 Å².